The van der Waals surface area contributed by atoms with Crippen LogP contribution < -0.4 is 0 Å². The van der Waals surface area contributed by atoms with Crippen LogP contribution in [0, 0.1) is 5.92 Å². The van der Waals surface area contributed by atoms with Crippen LogP contribution in [0.5, 0.6) is 0 Å². The topological polar surface area (TPSA) is 32.7 Å². The van der Waals surface area contributed by atoms with E-state index in [2.05, 4.69) is 18.7 Å². The molecule has 1 saturated heterocycles. The average molecular weight is 201 g/mol. The van der Waals surface area contributed by atoms with Gasteiger partial charge >= 0.3 is 0 Å². The van der Waals surface area contributed by atoms with Crippen LogP contribution in [-0.2, 0) is 4.74 Å². The lowest BCUT2D eigenvalue weighted by Crippen LogP contribution is -2.45. The first kappa shape index (κ1) is 12.0. The predicted octanol–water partition coefficient (Wildman–Crippen LogP) is 1.12. The van der Waals surface area contributed by atoms with Crippen molar-refractivity contribution in [3.05, 3.63) is 0 Å². The Morgan fingerprint density at radius 2 is 2.36 bits per heavy atom. The van der Waals surface area contributed by atoms with E-state index >= 15 is 0 Å². The van der Waals surface area contributed by atoms with Gasteiger partial charge in [-0.25, -0.2) is 0 Å². The summed E-state index contributed by atoms with van der Waals surface area (Å²) >= 11 is 0. The second-order valence-corrected chi connectivity index (χ2v) is 4.33. The Hall–Kier alpha value is -0.120. The monoisotopic (exact) mass is 201 g/mol. The van der Waals surface area contributed by atoms with Gasteiger partial charge in [0.25, 0.3) is 0 Å². The Bertz CT molecular complexity index is 152. The third kappa shape index (κ3) is 3.95. The molecule has 84 valence electrons. The summed E-state index contributed by atoms with van der Waals surface area (Å²) in [5.41, 5.74) is 0. The van der Waals surface area contributed by atoms with E-state index in [1.807, 2.05) is 0 Å². The summed E-state index contributed by atoms with van der Waals surface area (Å²) in [5.74, 6) is 0.762. The van der Waals surface area contributed by atoms with E-state index in [9.17, 15) is 0 Å². The SMILES string of the molecule is CCCC(C)CN1CCOC(CO)C1. The predicted molar refractivity (Wildman–Crippen MR) is 57.3 cm³/mol. The number of ether oxygens (including phenoxy) is 1. The number of nitrogens with zero attached hydrogens (tertiary/aromatic N) is 1. The zero-order chi connectivity index (χ0) is 10.4. The van der Waals surface area contributed by atoms with E-state index in [1.165, 1.54) is 12.8 Å². The molecule has 1 N–H and O–H groups in total. The minimum absolute atomic E-state index is 0.0394. The molecule has 0 bridgehead atoms. The molecule has 2 atom stereocenters. The molecule has 0 aromatic carbocycles. The van der Waals surface area contributed by atoms with E-state index < -0.39 is 0 Å². The maximum absolute atomic E-state index is 8.99. The van der Waals surface area contributed by atoms with Crippen molar-refractivity contribution in [2.24, 2.45) is 5.92 Å². The molecule has 14 heavy (non-hydrogen) atoms. The van der Waals surface area contributed by atoms with Crippen molar-refractivity contribution in [1.82, 2.24) is 4.90 Å². The molecule has 1 heterocycles. The highest BCUT2D eigenvalue weighted by Crippen LogP contribution is 2.11. The summed E-state index contributed by atoms with van der Waals surface area (Å²) in [6, 6.07) is 0. The summed E-state index contributed by atoms with van der Waals surface area (Å²) in [6.45, 7) is 8.50. The summed E-state index contributed by atoms with van der Waals surface area (Å²) < 4.78 is 5.41. The largest absolute Gasteiger partial charge is 0.394 e. The maximum atomic E-state index is 8.99. The number of aliphatic hydroxyl groups is 1. The van der Waals surface area contributed by atoms with Crippen molar-refractivity contribution < 1.29 is 9.84 Å². The van der Waals surface area contributed by atoms with Gasteiger partial charge in [0.1, 0.15) is 0 Å². The second kappa shape index (κ2) is 6.38. The Balaban J connectivity index is 2.22. The maximum Gasteiger partial charge on any atom is 0.0932 e. The molecular formula is C11H23NO2. The molecule has 0 aromatic heterocycles. The average Bonchev–Trinajstić information content (AvgIpc) is 2.18. The van der Waals surface area contributed by atoms with Crippen LogP contribution in [0.4, 0.5) is 0 Å². The lowest BCUT2D eigenvalue weighted by Gasteiger charge is -2.33. The zero-order valence-corrected chi connectivity index (χ0v) is 9.41. The van der Waals surface area contributed by atoms with E-state index in [0.717, 1.165) is 32.2 Å². The Labute approximate surface area is 87.1 Å². The molecule has 0 spiro atoms. The van der Waals surface area contributed by atoms with Crippen molar-refractivity contribution in [2.75, 3.05) is 32.8 Å². The van der Waals surface area contributed by atoms with Crippen molar-refractivity contribution >= 4 is 0 Å². The molecule has 0 radical (unpaired) electrons. The van der Waals surface area contributed by atoms with Crippen LogP contribution in [0.3, 0.4) is 0 Å². The number of rotatable bonds is 5. The van der Waals surface area contributed by atoms with E-state index in [1.54, 1.807) is 0 Å². The van der Waals surface area contributed by atoms with Gasteiger partial charge in [0.05, 0.1) is 19.3 Å². The molecule has 0 amide bonds. The highest BCUT2D eigenvalue weighted by Gasteiger charge is 2.20. The zero-order valence-electron chi connectivity index (χ0n) is 9.41. The molecule has 1 rings (SSSR count). The smallest absolute Gasteiger partial charge is 0.0932 e. The fourth-order valence-electron chi connectivity index (χ4n) is 2.08. The van der Waals surface area contributed by atoms with Crippen LogP contribution in [0.1, 0.15) is 26.7 Å². The van der Waals surface area contributed by atoms with Crippen LogP contribution in [0.15, 0.2) is 0 Å². The number of morpholine rings is 1. The minimum Gasteiger partial charge on any atom is -0.394 e. The van der Waals surface area contributed by atoms with Gasteiger partial charge in [-0.1, -0.05) is 20.3 Å². The van der Waals surface area contributed by atoms with Gasteiger partial charge in [0, 0.05) is 19.6 Å². The summed E-state index contributed by atoms with van der Waals surface area (Å²) in [7, 11) is 0. The summed E-state index contributed by atoms with van der Waals surface area (Å²) in [4.78, 5) is 2.41. The molecule has 0 saturated carbocycles. The molecule has 0 aliphatic carbocycles. The first-order chi connectivity index (χ1) is 6.76. The van der Waals surface area contributed by atoms with Crippen molar-refractivity contribution in [2.45, 2.75) is 32.8 Å². The highest BCUT2D eigenvalue weighted by molar-refractivity contribution is 4.72. The molecule has 1 aliphatic rings. The first-order valence-electron chi connectivity index (χ1n) is 5.71. The third-order valence-corrected chi connectivity index (χ3v) is 2.78. The van der Waals surface area contributed by atoms with Gasteiger partial charge in [-0.15, -0.1) is 0 Å². The van der Waals surface area contributed by atoms with E-state index in [0.29, 0.717) is 0 Å². The standard InChI is InChI=1S/C11H23NO2/c1-3-4-10(2)7-12-5-6-14-11(8-12)9-13/h10-11,13H,3-9H2,1-2H3. The Morgan fingerprint density at radius 3 is 3.00 bits per heavy atom. The number of aliphatic hydroxyl groups excluding tert-OH is 1. The Kier molecular flexibility index (Phi) is 5.45. The fourth-order valence-corrected chi connectivity index (χ4v) is 2.08. The second-order valence-electron chi connectivity index (χ2n) is 4.33. The highest BCUT2D eigenvalue weighted by atomic mass is 16.5. The lowest BCUT2D eigenvalue weighted by molar-refractivity contribution is -0.0558. The van der Waals surface area contributed by atoms with Gasteiger partial charge in [0.15, 0.2) is 0 Å². The normalized spacial score (nSPS) is 26.4. The number of hydrogen-bond acceptors (Lipinski definition) is 3. The van der Waals surface area contributed by atoms with Crippen LogP contribution in [-0.4, -0.2) is 49.0 Å². The quantitative estimate of drug-likeness (QED) is 0.723. The van der Waals surface area contributed by atoms with E-state index in [4.69, 9.17) is 9.84 Å². The molecule has 0 aromatic rings. The molecule has 2 unspecified atom stereocenters. The molecule has 3 heteroatoms. The van der Waals surface area contributed by atoms with Crippen molar-refractivity contribution in [1.29, 1.82) is 0 Å². The molecule has 1 fully saturated rings. The van der Waals surface area contributed by atoms with Crippen LogP contribution in [0.25, 0.3) is 0 Å². The number of hydrogen-bond donors (Lipinski definition) is 1. The van der Waals surface area contributed by atoms with Crippen molar-refractivity contribution in [3.8, 4) is 0 Å². The van der Waals surface area contributed by atoms with Crippen LogP contribution >= 0.6 is 0 Å². The molecular weight excluding hydrogens is 178 g/mol. The van der Waals surface area contributed by atoms with Crippen LogP contribution in [0.2, 0.25) is 0 Å². The van der Waals surface area contributed by atoms with Gasteiger partial charge < -0.3 is 9.84 Å². The van der Waals surface area contributed by atoms with Gasteiger partial charge in [-0.3, -0.25) is 4.90 Å². The van der Waals surface area contributed by atoms with Gasteiger partial charge in [0.2, 0.25) is 0 Å². The third-order valence-electron chi connectivity index (χ3n) is 2.78. The van der Waals surface area contributed by atoms with Gasteiger partial charge in [-0.05, 0) is 12.3 Å². The van der Waals surface area contributed by atoms with Gasteiger partial charge in [-0.2, -0.15) is 0 Å². The fraction of sp³-hybridized carbons (Fsp3) is 1.00. The lowest BCUT2D eigenvalue weighted by atomic mass is 10.1. The minimum atomic E-state index is 0.0394. The van der Waals surface area contributed by atoms with E-state index in [-0.39, 0.29) is 12.7 Å². The summed E-state index contributed by atoms with van der Waals surface area (Å²) in [5, 5.41) is 8.99. The summed E-state index contributed by atoms with van der Waals surface area (Å²) in [6.07, 6.45) is 2.59. The Morgan fingerprint density at radius 1 is 1.57 bits per heavy atom. The molecule has 3 nitrogen and oxygen atoms in total. The molecule has 1 aliphatic heterocycles. The van der Waals surface area contributed by atoms with Crippen molar-refractivity contribution in [3.63, 3.8) is 0 Å². The first-order valence-corrected chi connectivity index (χ1v) is 5.71.